The van der Waals surface area contributed by atoms with E-state index in [1.165, 1.54) is 231 Å². The lowest BCUT2D eigenvalue weighted by Gasteiger charge is -2.20. The molecular formula is C60H113NO5. The van der Waals surface area contributed by atoms with Crippen molar-refractivity contribution >= 4 is 11.9 Å². The Labute approximate surface area is 411 Å². The first-order valence-corrected chi connectivity index (χ1v) is 29.3. The summed E-state index contributed by atoms with van der Waals surface area (Å²) in [6, 6.07) is -0.632. The summed E-state index contributed by atoms with van der Waals surface area (Å²) < 4.78 is 5.48. The summed E-state index contributed by atoms with van der Waals surface area (Å²) >= 11 is 0. The lowest BCUT2D eigenvalue weighted by Crippen LogP contribution is -2.45. The largest absolute Gasteiger partial charge is 0.466 e. The SMILES string of the molecule is CCCCCCCC/C=C\CCCCCCCCCC(=O)OCCCCCCCCCCCC/C=C\CCCCCCCCCC(=O)NC(CO)C(O)/C=C/CCCCCCCCCCC. The summed E-state index contributed by atoms with van der Waals surface area (Å²) in [5, 5.41) is 23.0. The van der Waals surface area contributed by atoms with Gasteiger partial charge >= 0.3 is 5.97 Å². The van der Waals surface area contributed by atoms with Gasteiger partial charge in [0, 0.05) is 12.8 Å². The maximum Gasteiger partial charge on any atom is 0.305 e. The molecule has 0 heterocycles. The van der Waals surface area contributed by atoms with Gasteiger partial charge in [0.05, 0.1) is 25.4 Å². The van der Waals surface area contributed by atoms with Gasteiger partial charge in [-0.05, 0) is 83.5 Å². The fourth-order valence-electron chi connectivity index (χ4n) is 8.86. The summed E-state index contributed by atoms with van der Waals surface area (Å²) in [5.41, 5.74) is 0. The molecule has 2 unspecified atom stereocenters. The Hall–Kier alpha value is -1.92. The Balaban J connectivity index is 3.42. The van der Waals surface area contributed by atoms with Crippen molar-refractivity contribution in [1.82, 2.24) is 5.32 Å². The van der Waals surface area contributed by atoms with Crippen LogP contribution in [0, 0.1) is 0 Å². The van der Waals surface area contributed by atoms with Gasteiger partial charge < -0.3 is 20.3 Å². The molecular weight excluding hydrogens is 815 g/mol. The number of amides is 1. The first-order valence-electron chi connectivity index (χ1n) is 29.3. The fraction of sp³-hybridized carbons (Fsp3) is 0.867. The number of hydrogen-bond donors (Lipinski definition) is 3. The average Bonchev–Trinajstić information content (AvgIpc) is 3.32. The summed E-state index contributed by atoms with van der Waals surface area (Å²) in [5.74, 6) is -0.0733. The molecule has 0 radical (unpaired) electrons. The van der Waals surface area contributed by atoms with Crippen molar-refractivity contribution in [2.75, 3.05) is 13.2 Å². The fourth-order valence-corrected chi connectivity index (χ4v) is 8.86. The van der Waals surface area contributed by atoms with E-state index in [9.17, 15) is 19.8 Å². The topological polar surface area (TPSA) is 95.9 Å². The molecule has 0 aromatic rings. The summed E-state index contributed by atoms with van der Waals surface area (Å²) in [6.07, 6.45) is 68.9. The van der Waals surface area contributed by atoms with Crippen LogP contribution in [0.1, 0.15) is 309 Å². The van der Waals surface area contributed by atoms with E-state index in [1.807, 2.05) is 6.08 Å². The second-order valence-electron chi connectivity index (χ2n) is 20.0. The molecule has 2 atom stereocenters. The van der Waals surface area contributed by atoms with Gasteiger partial charge in [-0.15, -0.1) is 0 Å². The van der Waals surface area contributed by atoms with E-state index in [-0.39, 0.29) is 18.5 Å². The minimum absolute atomic E-state index is 0.00392. The zero-order chi connectivity index (χ0) is 47.9. The zero-order valence-corrected chi connectivity index (χ0v) is 44.2. The molecule has 0 rings (SSSR count). The quantitative estimate of drug-likeness (QED) is 0.0321. The summed E-state index contributed by atoms with van der Waals surface area (Å²) in [6.45, 7) is 4.88. The lowest BCUT2D eigenvalue weighted by molar-refractivity contribution is -0.143. The number of nitrogens with one attached hydrogen (secondary N) is 1. The number of allylic oxidation sites excluding steroid dienone is 5. The number of esters is 1. The number of hydrogen-bond acceptors (Lipinski definition) is 5. The van der Waals surface area contributed by atoms with Crippen molar-refractivity contribution in [2.45, 2.75) is 321 Å². The molecule has 6 nitrogen and oxygen atoms in total. The van der Waals surface area contributed by atoms with Crippen molar-refractivity contribution in [3.8, 4) is 0 Å². The van der Waals surface area contributed by atoms with Crippen LogP contribution in [-0.2, 0) is 14.3 Å². The molecule has 0 aliphatic heterocycles. The van der Waals surface area contributed by atoms with Gasteiger partial charge in [0.15, 0.2) is 0 Å². The van der Waals surface area contributed by atoms with Crippen LogP contribution >= 0.6 is 0 Å². The van der Waals surface area contributed by atoms with Crippen LogP contribution in [0.2, 0.25) is 0 Å². The predicted molar refractivity (Wildman–Crippen MR) is 287 cm³/mol. The zero-order valence-electron chi connectivity index (χ0n) is 44.2. The standard InChI is InChI=1S/C60H113NO5/c1-3-5-7-9-11-13-15-16-17-23-27-30-34-38-42-46-50-54-60(65)66-55-51-47-43-39-35-31-28-25-22-20-18-19-21-24-26-29-33-37-41-45-49-53-59(64)61-57(56-62)58(63)52-48-44-40-36-32-14-12-10-8-6-4-2/h16-17,19,21,48,52,57-58,62-63H,3-15,18,20,22-47,49-51,53-56H2,1-2H3,(H,61,64)/b17-16-,21-19-,52-48+. The van der Waals surface area contributed by atoms with Gasteiger partial charge in [-0.2, -0.15) is 0 Å². The van der Waals surface area contributed by atoms with Gasteiger partial charge in [0.25, 0.3) is 0 Å². The monoisotopic (exact) mass is 928 g/mol. The van der Waals surface area contributed by atoms with Crippen molar-refractivity contribution in [1.29, 1.82) is 0 Å². The maximum atomic E-state index is 12.4. The maximum absolute atomic E-state index is 12.4. The predicted octanol–water partition coefficient (Wildman–Crippen LogP) is 18.0. The molecule has 0 aliphatic carbocycles. The number of aliphatic hydroxyl groups is 2. The van der Waals surface area contributed by atoms with Crippen LogP contribution in [0.3, 0.4) is 0 Å². The molecule has 0 saturated carbocycles. The Morgan fingerprint density at radius 2 is 0.712 bits per heavy atom. The molecule has 0 aliphatic rings. The van der Waals surface area contributed by atoms with Gasteiger partial charge in [0.2, 0.25) is 5.91 Å². The summed E-state index contributed by atoms with van der Waals surface area (Å²) in [7, 11) is 0. The van der Waals surface area contributed by atoms with Gasteiger partial charge in [-0.25, -0.2) is 0 Å². The third-order valence-electron chi connectivity index (χ3n) is 13.4. The van der Waals surface area contributed by atoms with E-state index < -0.39 is 12.1 Å². The third-order valence-corrected chi connectivity index (χ3v) is 13.4. The number of carbonyl (C=O) groups is 2. The molecule has 0 bridgehead atoms. The van der Waals surface area contributed by atoms with Crippen LogP contribution in [0.15, 0.2) is 36.5 Å². The Morgan fingerprint density at radius 3 is 1.08 bits per heavy atom. The van der Waals surface area contributed by atoms with Crippen LogP contribution in [0.5, 0.6) is 0 Å². The van der Waals surface area contributed by atoms with Crippen molar-refractivity contribution < 1.29 is 24.5 Å². The molecule has 0 aromatic carbocycles. The summed E-state index contributed by atoms with van der Waals surface area (Å²) in [4.78, 5) is 24.5. The highest BCUT2D eigenvalue weighted by Gasteiger charge is 2.18. The van der Waals surface area contributed by atoms with E-state index in [4.69, 9.17) is 4.74 Å². The molecule has 66 heavy (non-hydrogen) atoms. The minimum atomic E-state index is -0.848. The normalized spacial score (nSPS) is 12.8. The molecule has 6 heteroatoms. The first kappa shape index (κ1) is 64.1. The van der Waals surface area contributed by atoms with E-state index in [1.54, 1.807) is 6.08 Å². The molecule has 3 N–H and O–H groups in total. The van der Waals surface area contributed by atoms with Crippen molar-refractivity contribution in [3.05, 3.63) is 36.5 Å². The Kier molecular flexibility index (Phi) is 54.1. The van der Waals surface area contributed by atoms with E-state index in [0.29, 0.717) is 19.4 Å². The smallest absolute Gasteiger partial charge is 0.305 e. The highest BCUT2D eigenvalue weighted by atomic mass is 16.5. The molecule has 0 fully saturated rings. The number of aliphatic hydroxyl groups excluding tert-OH is 2. The van der Waals surface area contributed by atoms with Gasteiger partial charge in [0.1, 0.15) is 0 Å². The Bertz CT molecular complexity index is 1070. The lowest BCUT2D eigenvalue weighted by atomic mass is 10.0. The van der Waals surface area contributed by atoms with Crippen LogP contribution < -0.4 is 5.32 Å². The Morgan fingerprint density at radius 1 is 0.409 bits per heavy atom. The number of rotatable bonds is 54. The molecule has 0 spiro atoms. The molecule has 0 saturated heterocycles. The van der Waals surface area contributed by atoms with Crippen LogP contribution in [-0.4, -0.2) is 47.4 Å². The minimum Gasteiger partial charge on any atom is -0.466 e. The van der Waals surface area contributed by atoms with Gasteiger partial charge in [-0.1, -0.05) is 249 Å². The highest BCUT2D eigenvalue weighted by molar-refractivity contribution is 5.76. The molecule has 0 aromatic heterocycles. The van der Waals surface area contributed by atoms with Crippen molar-refractivity contribution in [2.24, 2.45) is 0 Å². The first-order chi connectivity index (χ1) is 32.5. The third kappa shape index (κ3) is 51.5. The van der Waals surface area contributed by atoms with Crippen LogP contribution in [0.4, 0.5) is 0 Å². The average molecular weight is 929 g/mol. The second kappa shape index (κ2) is 55.7. The van der Waals surface area contributed by atoms with E-state index in [0.717, 1.165) is 51.4 Å². The number of ether oxygens (including phenoxy) is 1. The molecule has 1 amide bonds. The number of carbonyl (C=O) groups excluding carboxylic acids is 2. The number of unbranched alkanes of at least 4 members (excludes halogenated alkanes) is 39. The second-order valence-corrected chi connectivity index (χ2v) is 20.0. The van der Waals surface area contributed by atoms with E-state index >= 15 is 0 Å². The van der Waals surface area contributed by atoms with Crippen molar-refractivity contribution in [3.63, 3.8) is 0 Å². The molecule has 388 valence electrons. The van der Waals surface area contributed by atoms with E-state index in [2.05, 4.69) is 43.5 Å². The highest BCUT2D eigenvalue weighted by Crippen LogP contribution is 2.16. The van der Waals surface area contributed by atoms with Gasteiger partial charge in [-0.3, -0.25) is 9.59 Å². The van der Waals surface area contributed by atoms with Crippen LogP contribution in [0.25, 0.3) is 0 Å².